The SMILES string of the molecule is O=C1COC2(COCCN(Cc3ccncc3)C2)CN1c1ccsc1. The van der Waals surface area contributed by atoms with Crippen molar-refractivity contribution in [1.29, 1.82) is 0 Å². The number of pyridine rings is 1. The molecule has 0 saturated carbocycles. The number of rotatable bonds is 3. The van der Waals surface area contributed by atoms with Gasteiger partial charge < -0.3 is 14.4 Å². The Balaban J connectivity index is 1.52. The van der Waals surface area contributed by atoms with Crippen molar-refractivity contribution in [2.75, 3.05) is 44.4 Å². The number of carbonyl (C=O) groups excluding carboxylic acids is 1. The first kappa shape index (κ1) is 16.7. The summed E-state index contributed by atoms with van der Waals surface area (Å²) in [7, 11) is 0. The molecule has 0 bridgehead atoms. The van der Waals surface area contributed by atoms with Crippen molar-refractivity contribution in [2.24, 2.45) is 0 Å². The van der Waals surface area contributed by atoms with Crippen molar-refractivity contribution in [1.82, 2.24) is 9.88 Å². The highest BCUT2D eigenvalue weighted by Crippen LogP contribution is 2.28. The Labute approximate surface area is 151 Å². The molecule has 0 aliphatic carbocycles. The summed E-state index contributed by atoms with van der Waals surface area (Å²) < 4.78 is 11.9. The van der Waals surface area contributed by atoms with Crippen molar-refractivity contribution in [2.45, 2.75) is 12.1 Å². The first-order valence-corrected chi connectivity index (χ1v) is 9.34. The number of amides is 1. The molecule has 2 aliphatic heterocycles. The van der Waals surface area contributed by atoms with Gasteiger partial charge in [0.15, 0.2) is 0 Å². The molecule has 0 aromatic carbocycles. The van der Waals surface area contributed by atoms with Gasteiger partial charge in [-0.1, -0.05) is 0 Å². The zero-order chi connectivity index (χ0) is 17.1. The van der Waals surface area contributed by atoms with Crippen molar-refractivity contribution >= 4 is 22.9 Å². The summed E-state index contributed by atoms with van der Waals surface area (Å²) in [5.74, 6) is 0.00829. The van der Waals surface area contributed by atoms with E-state index in [4.69, 9.17) is 9.47 Å². The Hall–Kier alpha value is -1.80. The summed E-state index contributed by atoms with van der Waals surface area (Å²) in [6, 6.07) is 6.04. The normalized spacial score (nSPS) is 25.3. The molecule has 1 atom stereocenters. The van der Waals surface area contributed by atoms with Gasteiger partial charge in [-0.05, 0) is 29.1 Å². The minimum atomic E-state index is -0.487. The van der Waals surface area contributed by atoms with Crippen molar-refractivity contribution in [3.05, 3.63) is 46.9 Å². The molecule has 132 valence electrons. The summed E-state index contributed by atoms with van der Waals surface area (Å²) in [5.41, 5.74) is 1.68. The van der Waals surface area contributed by atoms with Crippen LogP contribution in [0.4, 0.5) is 5.69 Å². The van der Waals surface area contributed by atoms with E-state index < -0.39 is 5.60 Å². The Kier molecular flexibility index (Phi) is 4.80. The molecular weight excluding hydrogens is 338 g/mol. The number of hydrogen-bond acceptors (Lipinski definition) is 6. The summed E-state index contributed by atoms with van der Waals surface area (Å²) in [6.45, 7) is 4.21. The molecule has 0 N–H and O–H groups in total. The van der Waals surface area contributed by atoms with Crippen LogP contribution in [0.15, 0.2) is 41.4 Å². The van der Waals surface area contributed by atoms with E-state index in [1.54, 1.807) is 11.3 Å². The fraction of sp³-hybridized carbons (Fsp3) is 0.444. The number of nitrogens with zero attached hydrogens (tertiary/aromatic N) is 3. The second-order valence-corrected chi connectivity index (χ2v) is 7.33. The van der Waals surface area contributed by atoms with Crippen LogP contribution in [0.5, 0.6) is 0 Å². The van der Waals surface area contributed by atoms with E-state index in [0.29, 0.717) is 19.8 Å². The van der Waals surface area contributed by atoms with Gasteiger partial charge in [0.1, 0.15) is 12.2 Å². The molecule has 2 aromatic heterocycles. The first-order valence-electron chi connectivity index (χ1n) is 8.40. The maximum absolute atomic E-state index is 12.3. The lowest BCUT2D eigenvalue weighted by Crippen LogP contribution is -2.60. The third kappa shape index (κ3) is 3.74. The summed E-state index contributed by atoms with van der Waals surface area (Å²) in [5, 5.41) is 3.99. The zero-order valence-electron chi connectivity index (χ0n) is 14.0. The molecule has 4 rings (SSSR count). The van der Waals surface area contributed by atoms with Crippen LogP contribution < -0.4 is 4.90 Å². The largest absolute Gasteiger partial charge is 0.377 e. The van der Waals surface area contributed by atoms with E-state index in [1.807, 2.05) is 46.3 Å². The minimum Gasteiger partial charge on any atom is -0.377 e. The van der Waals surface area contributed by atoms with Crippen LogP contribution >= 0.6 is 11.3 Å². The molecule has 4 heterocycles. The predicted octanol–water partition coefficient (Wildman–Crippen LogP) is 1.78. The van der Waals surface area contributed by atoms with Crippen LogP contribution in [0.2, 0.25) is 0 Å². The van der Waals surface area contributed by atoms with Crippen LogP contribution in [0.1, 0.15) is 5.56 Å². The Morgan fingerprint density at radius 3 is 2.92 bits per heavy atom. The van der Waals surface area contributed by atoms with Gasteiger partial charge in [0.2, 0.25) is 0 Å². The van der Waals surface area contributed by atoms with Gasteiger partial charge in [0, 0.05) is 37.4 Å². The highest BCUT2D eigenvalue weighted by atomic mass is 32.1. The van der Waals surface area contributed by atoms with Gasteiger partial charge in [0.05, 0.1) is 25.4 Å². The molecule has 1 unspecified atom stereocenters. The van der Waals surface area contributed by atoms with Crippen molar-refractivity contribution < 1.29 is 14.3 Å². The Morgan fingerprint density at radius 1 is 1.24 bits per heavy atom. The molecule has 2 saturated heterocycles. The minimum absolute atomic E-state index is 0.00829. The summed E-state index contributed by atoms with van der Waals surface area (Å²) in [4.78, 5) is 20.6. The number of anilines is 1. The smallest absolute Gasteiger partial charge is 0.253 e. The van der Waals surface area contributed by atoms with E-state index in [1.165, 1.54) is 5.56 Å². The third-order valence-corrected chi connectivity index (χ3v) is 5.32. The van der Waals surface area contributed by atoms with Crippen LogP contribution in [0.25, 0.3) is 0 Å². The van der Waals surface area contributed by atoms with Crippen molar-refractivity contribution in [3.63, 3.8) is 0 Å². The standard InChI is InChI=1S/C18H21N3O3S/c22-17-10-24-18(13-21(17)16-3-8-25-11-16)12-20(6-7-23-14-18)9-15-1-4-19-5-2-15/h1-5,8,11H,6-7,9-10,12-14H2. The second-order valence-electron chi connectivity index (χ2n) is 6.55. The molecule has 7 heteroatoms. The third-order valence-electron chi connectivity index (χ3n) is 4.65. The predicted molar refractivity (Wildman–Crippen MR) is 95.7 cm³/mol. The van der Waals surface area contributed by atoms with Crippen LogP contribution in [0, 0.1) is 0 Å². The quantitative estimate of drug-likeness (QED) is 0.836. The van der Waals surface area contributed by atoms with E-state index in [9.17, 15) is 4.79 Å². The second kappa shape index (κ2) is 7.21. The van der Waals surface area contributed by atoms with E-state index in [-0.39, 0.29) is 12.5 Å². The molecular formula is C18H21N3O3S. The van der Waals surface area contributed by atoms with Crippen LogP contribution in [-0.2, 0) is 20.8 Å². The van der Waals surface area contributed by atoms with Gasteiger partial charge in [-0.15, -0.1) is 0 Å². The van der Waals surface area contributed by atoms with Crippen molar-refractivity contribution in [3.8, 4) is 0 Å². The average molecular weight is 359 g/mol. The summed E-state index contributed by atoms with van der Waals surface area (Å²) in [6.07, 6.45) is 3.63. The zero-order valence-corrected chi connectivity index (χ0v) is 14.8. The lowest BCUT2D eigenvalue weighted by atomic mass is 10.0. The number of thiophene rings is 1. The van der Waals surface area contributed by atoms with Gasteiger partial charge in [0.25, 0.3) is 5.91 Å². The Bertz CT molecular complexity index is 710. The molecule has 0 radical (unpaired) electrons. The Morgan fingerprint density at radius 2 is 2.12 bits per heavy atom. The van der Waals surface area contributed by atoms with E-state index in [0.717, 1.165) is 25.3 Å². The maximum atomic E-state index is 12.3. The van der Waals surface area contributed by atoms with Gasteiger partial charge >= 0.3 is 0 Å². The molecule has 2 fully saturated rings. The lowest BCUT2D eigenvalue weighted by Gasteiger charge is -2.42. The molecule has 25 heavy (non-hydrogen) atoms. The van der Waals surface area contributed by atoms with Gasteiger partial charge in [-0.25, -0.2) is 0 Å². The van der Waals surface area contributed by atoms with Crippen LogP contribution in [0.3, 0.4) is 0 Å². The molecule has 2 aromatic rings. The highest BCUT2D eigenvalue weighted by molar-refractivity contribution is 7.08. The first-order chi connectivity index (χ1) is 12.2. The van der Waals surface area contributed by atoms with E-state index in [2.05, 4.69) is 9.88 Å². The van der Waals surface area contributed by atoms with E-state index >= 15 is 0 Å². The molecule has 1 amide bonds. The number of ether oxygens (including phenoxy) is 2. The number of hydrogen-bond donors (Lipinski definition) is 0. The van der Waals surface area contributed by atoms with Crippen LogP contribution in [-0.4, -0.2) is 60.8 Å². The topological polar surface area (TPSA) is 54.9 Å². The fourth-order valence-electron chi connectivity index (χ4n) is 3.41. The average Bonchev–Trinajstić information content (AvgIpc) is 3.09. The molecule has 2 aliphatic rings. The number of aromatic nitrogens is 1. The monoisotopic (exact) mass is 359 g/mol. The molecule has 1 spiro atoms. The number of carbonyl (C=O) groups is 1. The maximum Gasteiger partial charge on any atom is 0.253 e. The molecule has 6 nitrogen and oxygen atoms in total. The fourth-order valence-corrected chi connectivity index (χ4v) is 4.05. The van der Waals surface area contributed by atoms with Gasteiger partial charge in [-0.2, -0.15) is 11.3 Å². The number of morpholine rings is 1. The summed E-state index contributed by atoms with van der Waals surface area (Å²) >= 11 is 1.59. The lowest BCUT2D eigenvalue weighted by molar-refractivity contribution is -0.146. The van der Waals surface area contributed by atoms with Gasteiger partial charge in [-0.3, -0.25) is 14.7 Å². The highest BCUT2D eigenvalue weighted by Gasteiger charge is 2.43.